The van der Waals surface area contributed by atoms with E-state index in [0.717, 1.165) is 36.0 Å². The number of halogens is 1. The second-order valence-corrected chi connectivity index (χ2v) is 7.69. The first-order valence-corrected chi connectivity index (χ1v) is 10.4. The third-order valence-corrected chi connectivity index (χ3v) is 5.59. The standard InChI is InChI=1S/C23H29ClN2O2/c1-4-18-7-10-20(11-8-18)28-22(5-2)23(27)26-14-12-25(13-15-26)21-16-19(24)9-6-17(21)3/h6-11,16,22H,4-5,12-15H2,1-3H3. The molecule has 1 saturated heterocycles. The van der Waals surface area contributed by atoms with E-state index in [9.17, 15) is 4.79 Å². The average Bonchev–Trinajstić information content (AvgIpc) is 2.74. The highest BCUT2D eigenvalue weighted by molar-refractivity contribution is 6.30. The van der Waals surface area contributed by atoms with E-state index in [-0.39, 0.29) is 5.91 Å². The molecule has 0 aromatic heterocycles. The third kappa shape index (κ3) is 4.79. The molecule has 1 aliphatic heterocycles. The van der Waals surface area contributed by atoms with Crippen molar-refractivity contribution in [2.45, 2.75) is 39.7 Å². The first-order chi connectivity index (χ1) is 13.5. The van der Waals surface area contributed by atoms with Crippen LogP contribution in [0.1, 0.15) is 31.4 Å². The average molecular weight is 401 g/mol. The van der Waals surface area contributed by atoms with Crippen molar-refractivity contribution in [2.75, 3.05) is 31.1 Å². The zero-order valence-electron chi connectivity index (χ0n) is 17.0. The molecule has 2 aromatic rings. The molecular formula is C23H29ClN2O2. The van der Waals surface area contributed by atoms with E-state index in [1.54, 1.807) is 0 Å². The van der Waals surface area contributed by atoms with Crippen molar-refractivity contribution in [3.05, 3.63) is 58.6 Å². The van der Waals surface area contributed by atoms with Gasteiger partial charge in [-0.05, 0) is 55.2 Å². The minimum Gasteiger partial charge on any atom is -0.481 e. The van der Waals surface area contributed by atoms with Crippen LogP contribution in [0.5, 0.6) is 5.75 Å². The van der Waals surface area contributed by atoms with Gasteiger partial charge in [0.1, 0.15) is 5.75 Å². The minimum atomic E-state index is -0.438. The SMILES string of the molecule is CCc1ccc(OC(CC)C(=O)N2CCN(c3cc(Cl)ccc3C)CC2)cc1. The number of amides is 1. The van der Waals surface area contributed by atoms with E-state index >= 15 is 0 Å². The van der Waals surface area contributed by atoms with Gasteiger partial charge in [-0.1, -0.05) is 43.6 Å². The van der Waals surface area contributed by atoms with Crippen LogP contribution in [0, 0.1) is 6.92 Å². The Morgan fingerprint density at radius 3 is 2.36 bits per heavy atom. The second-order valence-electron chi connectivity index (χ2n) is 7.26. The van der Waals surface area contributed by atoms with Crippen LogP contribution in [-0.2, 0) is 11.2 Å². The van der Waals surface area contributed by atoms with Crippen molar-refractivity contribution < 1.29 is 9.53 Å². The van der Waals surface area contributed by atoms with Gasteiger partial charge in [-0.2, -0.15) is 0 Å². The molecule has 28 heavy (non-hydrogen) atoms. The van der Waals surface area contributed by atoms with Crippen LogP contribution in [0.2, 0.25) is 5.02 Å². The number of nitrogens with zero attached hydrogens (tertiary/aromatic N) is 2. The van der Waals surface area contributed by atoms with E-state index in [4.69, 9.17) is 16.3 Å². The van der Waals surface area contributed by atoms with Crippen molar-refractivity contribution in [3.63, 3.8) is 0 Å². The molecule has 1 fully saturated rings. The number of carbonyl (C=O) groups excluding carboxylic acids is 1. The van der Waals surface area contributed by atoms with Crippen LogP contribution < -0.4 is 9.64 Å². The van der Waals surface area contributed by atoms with Crippen LogP contribution in [0.25, 0.3) is 0 Å². The third-order valence-electron chi connectivity index (χ3n) is 5.36. The van der Waals surface area contributed by atoms with E-state index in [1.807, 2.05) is 42.2 Å². The Morgan fingerprint density at radius 2 is 1.75 bits per heavy atom. The van der Waals surface area contributed by atoms with Gasteiger partial charge in [-0.15, -0.1) is 0 Å². The lowest BCUT2D eigenvalue weighted by molar-refractivity contribution is -0.139. The van der Waals surface area contributed by atoms with Gasteiger partial charge in [0, 0.05) is 36.9 Å². The molecule has 0 radical (unpaired) electrons. The lowest BCUT2D eigenvalue weighted by atomic mass is 10.1. The summed E-state index contributed by atoms with van der Waals surface area (Å²) < 4.78 is 6.00. The zero-order valence-corrected chi connectivity index (χ0v) is 17.7. The summed E-state index contributed by atoms with van der Waals surface area (Å²) in [6, 6.07) is 14.0. The molecule has 150 valence electrons. The van der Waals surface area contributed by atoms with Gasteiger partial charge < -0.3 is 14.5 Å². The van der Waals surface area contributed by atoms with E-state index in [0.29, 0.717) is 19.5 Å². The molecule has 1 amide bonds. The lowest BCUT2D eigenvalue weighted by Crippen LogP contribution is -2.52. The van der Waals surface area contributed by atoms with Crippen molar-refractivity contribution in [3.8, 4) is 5.75 Å². The molecule has 1 aliphatic rings. The molecule has 0 bridgehead atoms. The molecule has 1 heterocycles. The van der Waals surface area contributed by atoms with Crippen LogP contribution in [0.4, 0.5) is 5.69 Å². The monoisotopic (exact) mass is 400 g/mol. The van der Waals surface area contributed by atoms with Gasteiger partial charge in [-0.3, -0.25) is 4.79 Å². The van der Waals surface area contributed by atoms with Gasteiger partial charge in [-0.25, -0.2) is 0 Å². The molecule has 3 rings (SSSR count). The fraction of sp³-hybridized carbons (Fsp3) is 0.435. The summed E-state index contributed by atoms with van der Waals surface area (Å²) in [4.78, 5) is 17.2. The maximum absolute atomic E-state index is 13.0. The Labute approximate surface area is 173 Å². The van der Waals surface area contributed by atoms with Gasteiger partial charge in [0.15, 0.2) is 6.10 Å². The van der Waals surface area contributed by atoms with Crippen molar-refractivity contribution >= 4 is 23.2 Å². The number of aryl methyl sites for hydroxylation is 2. The van der Waals surface area contributed by atoms with Crippen molar-refractivity contribution in [1.29, 1.82) is 0 Å². The van der Waals surface area contributed by atoms with Gasteiger partial charge >= 0.3 is 0 Å². The summed E-state index contributed by atoms with van der Waals surface area (Å²) in [6.07, 6.45) is 1.21. The largest absolute Gasteiger partial charge is 0.481 e. The highest BCUT2D eigenvalue weighted by Crippen LogP contribution is 2.25. The summed E-state index contributed by atoms with van der Waals surface area (Å²) in [5, 5.41) is 0.743. The lowest BCUT2D eigenvalue weighted by Gasteiger charge is -2.38. The van der Waals surface area contributed by atoms with E-state index < -0.39 is 6.10 Å². The molecule has 0 spiro atoms. The molecule has 2 aromatic carbocycles. The summed E-state index contributed by atoms with van der Waals surface area (Å²) >= 11 is 6.16. The number of rotatable bonds is 6. The normalized spacial score (nSPS) is 15.4. The number of piperazine rings is 1. The molecule has 0 saturated carbocycles. The molecule has 0 N–H and O–H groups in total. The van der Waals surface area contributed by atoms with E-state index in [1.165, 1.54) is 11.1 Å². The van der Waals surface area contributed by atoms with Crippen LogP contribution in [0.3, 0.4) is 0 Å². The highest BCUT2D eigenvalue weighted by atomic mass is 35.5. The fourth-order valence-corrected chi connectivity index (χ4v) is 3.74. The maximum atomic E-state index is 13.0. The Kier molecular flexibility index (Phi) is 6.84. The maximum Gasteiger partial charge on any atom is 0.263 e. The molecule has 1 unspecified atom stereocenters. The Balaban J connectivity index is 1.60. The Bertz CT molecular complexity index is 799. The number of carbonyl (C=O) groups is 1. The van der Waals surface area contributed by atoms with Gasteiger partial charge in [0.2, 0.25) is 0 Å². The van der Waals surface area contributed by atoms with Gasteiger partial charge in [0.25, 0.3) is 5.91 Å². The molecule has 1 atom stereocenters. The van der Waals surface area contributed by atoms with Crippen LogP contribution in [0.15, 0.2) is 42.5 Å². The molecule has 4 nitrogen and oxygen atoms in total. The van der Waals surface area contributed by atoms with Crippen LogP contribution >= 0.6 is 11.6 Å². The first-order valence-electron chi connectivity index (χ1n) is 10.1. The Hall–Kier alpha value is -2.20. The zero-order chi connectivity index (χ0) is 20.1. The summed E-state index contributed by atoms with van der Waals surface area (Å²) in [6.45, 7) is 9.20. The highest BCUT2D eigenvalue weighted by Gasteiger charge is 2.28. The topological polar surface area (TPSA) is 32.8 Å². The number of ether oxygens (including phenoxy) is 1. The van der Waals surface area contributed by atoms with Gasteiger partial charge in [0.05, 0.1) is 0 Å². The fourth-order valence-electron chi connectivity index (χ4n) is 3.57. The Morgan fingerprint density at radius 1 is 1.07 bits per heavy atom. The quantitative estimate of drug-likeness (QED) is 0.703. The summed E-state index contributed by atoms with van der Waals surface area (Å²) in [5.41, 5.74) is 3.62. The van der Waals surface area contributed by atoms with Crippen LogP contribution in [-0.4, -0.2) is 43.1 Å². The number of hydrogen-bond donors (Lipinski definition) is 0. The number of benzene rings is 2. The molecular weight excluding hydrogens is 372 g/mol. The summed E-state index contributed by atoms with van der Waals surface area (Å²) in [7, 11) is 0. The summed E-state index contributed by atoms with van der Waals surface area (Å²) in [5.74, 6) is 0.829. The van der Waals surface area contributed by atoms with Crippen molar-refractivity contribution in [2.24, 2.45) is 0 Å². The minimum absolute atomic E-state index is 0.0736. The van der Waals surface area contributed by atoms with Crippen molar-refractivity contribution in [1.82, 2.24) is 4.90 Å². The molecule has 5 heteroatoms. The number of hydrogen-bond acceptors (Lipinski definition) is 3. The predicted octanol–water partition coefficient (Wildman–Crippen LogP) is 4.72. The first kappa shape index (κ1) is 20.5. The smallest absolute Gasteiger partial charge is 0.263 e. The van der Waals surface area contributed by atoms with E-state index in [2.05, 4.69) is 30.9 Å². The number of anilines is 1. The predicted molar refractivity (Wildman–Crippen MR) is 116 cm³/mol. The second kappa shape index (κ2) is 9.33. The molecule has 0 aliphatic carbocycles.